The molecule has 9 rings (SSSR count). The number of nitrogens with zero attached hydrogens (tertiary/aromatic N) is 4. The molecule has 8 nitrogen and oxygen atoms in total. The average Bonchev–Trinajstić information content (AvgIpc) is 3.86. The van der Waals surface area contributed by atoms with Crippen LogP contribution in [0.2, 0.25) is 0 Å². The summed E-state index contributed by atoms with van der Waals surface area (Å²) >= 11 is 1.39. The minimum atomic E-state index is -1.73. The largest absolute Gasteiger partial charge is 0.368 e. The van der Waals surface area contributed by atoms with E-state index in [4.69, 9.17) is 19.9 Å². The number of imidazole rings is 1. The second kappa shape index (κ2) is 16.6. The highest BCUT2D eigenvalue weighted by Gasteiger charge is 2.53. The molecule has 0 unspecified atom stereocenters. The van der Waals surface area contributed by atoms with Crippen molar-refractivity contribution in [1.29, 1.82) is 0 Å². The minimum absolute atomic E-state index is 0.0549. The van der Waals surface area contributed by atoms with E-state index in [2.05, 4.69) is 51.4 Å². The first-order chi connectivity index (χ1) is 29.0. The van der Waals surface area contributed by atoms with Crippen LogP contribution in [0.15, 0.2) is 193 Å². The zero-order valence-electron chi connectivity index (χ0n) is 32.3. The Bertz CT molecular complexity index is 2410. The molecule has 0 saturated carbocycles. The van der Waals surface area contributed by atoms with Gasteiger partial charge in [0, 0.05) is 0 Å². The summed E-state index contributed by atoms with van der Waals surface area (Å²) in [6.07, 6.45) is -1.64. The highest BCUT2D eigenvalue weighted by Crippen LogP contribution is 2.48. The number of benzene rings is 6. The zero-order chi connectivity index (χ0) is 40.2. The molecule has 1 fully saturated rings. The van der Waals surface area contributed by atoms with Crippen LogP contribution in [0.3, 0.4) is 0 Å². The Morgan fingerprint density at radius 3 is 1.44 bits per heavy atom. The lowest BCUT2D eigenvalue weighted by molar-refractivity contribution is -0.128. The lowest BCUT2D eigenvalue weighted by atomic mass is 9.79. The van der Waals surface area contributed by atoms with Gasteiger partial charge in [0.15, 0.2) is 18.0 Å². The van der Waals surface area contributed by atoms with Crippen molar-refractivity contribution in [3.8, 4) is 0 Å². The number of anilines is 1. The van der Waals surface area contributed by atoms with Gasteiger partial charge in [-0.25, -0.2) is 14.4 Å². The van der Waals surface area contributed by atoms with Gasteiger partial charge in [0.05, 0.1) is 12.9 Å². The molecule has 10 heteroatoms. The van der Waals surface area contributed by atoms with Gasteiger partial charge in [0.2, 0.25) is 5.95 Å². The summed E-state index contributed by atoms with van der Waals surface area (Å²) in [7, 11) is 0. The van der Waals surface area contributed by atoms with E-state index >= 15 is 4.39 Å². The van der Waals surface area contributed by atoms with Crippen LogP contribution < -0.4 is 5.73 Å². The Morgan fingerprint density at radius 2 is 1.03 bits per heavy atom. The number of fused-ring (bicyclic) bond motifs is 1. The smallest absolute Gasteiger partial charge is 0.223 e. The lowest BCUT2D eigenvalue weighted by Gasteiger charge is -2.40. The normalized spacial score (nSPS) is 18.3. The third-order valence-electron chi connectivity index (χ3n) is 11.0. The fraction of sp³-hybridized carbons (Fsp3) is 0.163. The second-order valence-electron chi connectivity index (χ2n) is 14.4. The van der Waals surface area contributed by atoms with Crippen LogP contribution in [0.4, 0.5) is 10.3 Å². The van der Waals surface area contributed by atoms with Crippen molar-refractivity contribution in [3.63, 3.8) is 0 Å². The number of ether oxygens (including phenoxy) is 3. The molecule has 0 radical (unpaired) electrons. The summed E-state index contributed by atoms with van der Waals surface area (Å²) in [6, 6.07) is 60.1. The third kappa shape index (κ3) is 6.98. The van der Waals surface area contributed by atoms with Crippen molar-refractivity contribution in [1.82, 2.24) is 19.5 Å². The van der Waals surface area contributed by atoms with E-state index in [9.17, 15) is 0 Å². The van der Waals surface area contributed by atoms with Crippen molar-refractivity contribution in [2.45, 2.75) is 40.8 Å². The Kier molecular flexibility index (Phi) is 10.8. The van der Waals surface area contributed by atoms with E-state index in [-0.39, 0.29) is 12.6 Å². The predicted octanol–water partition coefficient (Wildman–Crippen LogP) is 9.75. The predicted molar refractivity (Wildman–Crippen MR) is 230 cm³/mol. The fourth-order valence-corrected chi connectivity index (χ4v) is 8.85. The lowest BCUT2D eigenvalue weighted by Crippen LogP contribution is -2.45. The van der Waals surface area contributed by atoms with Gasteiger partial charge in [-0.2, -0.15) is 4.98 Å². The van der Waals surface area contributed by atoms with Crippen LogP contribution in [0.5, 0.6) is 0 Å². The molecule has 59 heavy (non-hydrogen) atoms. The number of halogens is 1. The monoisotopic (exact) mass is 799 g/mol. The highest BCUT2D eigenvalue weighted by molar-refractivity contribution is 7.98. The van der Waals surface area contributed by atoms with Gasteiger partial charge in [0.1, 0.15) is 34.0 Å². The maximum absolute atomic E-state index is 18.1. The van der Waals surface area contributed by atoms with Crippen LogP contribution in [0.25, 0.3) is 11.2 Å². The summed E-state index contributed by atoms with van der Waals surface area (Å²) in [5.74, 6) is 0.0549. The van der Waals surface area contributed by atoms with E-state index < -0.39 is 35.8 Å². The second-order valence-corrected chi connectivity index (χ2v) is 15.2. The molecule has 6 aromatic carbocycles. The molecule has 294 valence electrons. The molecule has 2 N–H and O–H groups in total. The van der Waals surface area contributed by atoms with Crippen LogP contribution in [0, 0.1) is 0 Å². The first-order valence-electron chi connectivity index (χ1n) is 19.5. The molecule has 4 atom stereocenters. The molecule has 1 aliphatic heterocycles. The maximum atomic E-state index is 18.1. The maximum Gasteiger partial charge on any atom is 0.223 e. The van der Waals surface area contributed by atoms with Crippen LogP contribution in [-0.2, 0) is 25.4 Å². The Hall–Kier alpha value is -6.17. The van der Waals surface area contributed by atoms with E-state index in [1.54, 1.807) is 4.57 Å². The summed E-state index contributed by atoms with van der Waals surface area (Å²) in [5, 5.41) is 0.585. The molecule has 1 saturated heterocycles. The third-order valence-corrected chi connectivity index (χ3v) is 11.7. The quantitative estimate of drug-likeness (QED) is 0.0700. The van der Waals surface area contributed by atoms with Gasteiger partial charge < -0.3 is 19.9 Å². The number of aromatic nitrogens is 4. The van der Waals surface area contributed by atoms with Gasteiger partial charge in [-0.15, -0.1) is 11.8 Å². The van der Waals surface area contributed by atoms with Gasteiger partial charge in [-0.05, 0) is 39.6 Å². The van der Waals surface area contributed by atoms with Crippen LogP contribution in [0.1, 0.15) is 39.6 Å². The van der Waals surface area contributed by atoms with Crippen molar-refractivity contribution >= 4 is 28.9 Å². The molecule has 8 aromatic rings. The number of hydrogen-bond donors (Lipinski definition) is 1. The molecular weight excluding hydrogens is 758 g/mol. The Morgan fingerprint density at radius 1 is 0.627 bits per heavy atom. The van der Waals surface area contributed by atoms with Crippen LogP contribution >= 0.6 is 11.8 Å². The molecule has 2 aromatic heterocycles. The molecule has 0 spiro atoms. The summed E-state index contributed by atoms with van der Waals surface area (Å²) < 4.78 is 41.5. The van der Waals surface area contributed by atoms with Crippen LogP contribution in [-0.4, -0.2) is 50.8 Å². The summed E-state index contributed by atoms with van der Waals surface area (Å²) in [4.78, 5) is 13.5. The summed E-state index contributed by atoms with van der Waals surface area (Å²) in [6.45, 7) is -0.0610. The number of rotatable bonds is 13. The van der Waals surface area contributed by atoms with E-state index in [1.165, 1.54) is 18.1 Å². The molecule has 0 aliphatic carbocycles. The van der Waals surface area contributed by atoms with E-state index in [0.29, 0.717) is 16.2 Å². The number of thioether (sulfide) groups is 1. The first kappa shape index (κ1) is 38.4. The summed E-state index contributed by atoms with van der Waals surface area (Å²) in [5.41, 5.74) is 9.92. The van der Waals surface area contributed by atoms with Crippen molar-refractivity contribution in [3.05, 3.63) is 222 Å². The van der Waals surface area contributed by atoms with Crippen molar-refractivity contribution in [2.24, 2.45) is 0 Å². The molecule has 3 heterocycles. The minimum Gasteiger partial charge on any atom is -0.368 e. The van der Waals surface area contributed by atoms with Crippen molar-refractivity contribution < 1.29 is 18.6 Å². The topological polar surface area (TPSA) is 97.3 Å². The van der Waals surface area contributed by atoms with E-state index in [0.717, 1.165) is 33.4 Å². The highest BCUT2D eigenvalue weighted by atomic mass is 32.2. The fourth-order valence-electron chi connectivity index (χ4n) is 8.33. The molecule has 1 aliphatic rings. The first-order valence-corrected chi connectivity index (χ1v) is 20.7. The number of nitrogens with two attached hydrogens (primary N) is 1. The standard InChI is InChI=1S/C49H42FN5O3S/c1-59-45-42-44(53-47(51)54-45)55(33-52-42)46-41(50)43(58-49(37-26-14-5-15-27-37,38-28-16-6-17-29-38)39-30-18-7-19-31-39)40(57-46)32-56-48(34-20-8-2-9-21-34,35-22-10-3-11-23-35)36-24-12-4-13-25-36/h2-31,33,40-41,43,46H,32H2,1H3,(H2,51,53,54)/t40-,41-,43-,46-/m1/s1. The number of alkyl halides is 1. The zero-order valence-corrected chi connectivity index (χ0v) is 33.1. The van der Waals surface area contributed by atoms with Gasteiger partial charge in [-0.1, -0.05) is 182 Å². The van der Waals surface area contributed by atoms with Gasteiger partial charge in [0.25, 0.3) is 0 Å². The Labute approximate surface area is 346 Å². The Balaban J connectivity index is 1.22. The molecule has 0 bridgehead atoms. The van der Waals surface area contributed by atoms with Gasteiger partial charge in [-0.3, -0.25) is 4.57 Å². The molecule has 0 amide bonds. The molecular formula is C49H42FN5O3S. The van der Waals surface area contributed by atoms with E-state index in [1.807, 2.05) is 152 Å². The average molecular weight is 800 g/mol. The number of hydrogen-bond acceptors (Lipinski definition) is 8. The van der Waals surface area contributed by atoms with Crippen molar-refractivity contribution in [2.75, 3.05) is 18.6 Å². The van der Waals surface area contributed by atoms with Gasteiger partial charge >= 0.3 is 0 Å². The number of nitrogen functional groups attached to an aromatic ring is 1. The SMILES string of the molecule is CSc1nc(N)nc2c1ncn2[C@@H]1O[C@H](COC(c2ccccc2)(c2ccccc2)c2ccccc2)[C@@H](OC(c2ccccc2)(c2ccccc2)c2ccccc2)[C@H]1F.